The Balaban J connectivity index is 2.05. The lowest BCUT2D eigenvalue weighted by Gasteiger charge is -2.25. The molecule has 2 fully saturated rings. The van der Waals surface area contributed by atoms with Crippen LogP contribution in [0.1, 0.15) is 25.7 Å². The summed E-state index contributed by atoms with van der Waals surface area (Å²) >= 11 is 0. The molecule has 0 aromatic heterocycles. The predicted octanol–water partition coefficient (Wildman–Crippen LogP) is 2.13. The predicted molar refractivity (Wildman–Crippen MR) is 67.7 cm³/mol. The molecule has 0 aromatic rings. The molecule has 18 heavy (non-hydrogen) atoms. The van der Waals surface area contributed by atoms with Crippen molar-refractivity contribution in [3.63, 3.8) is 0 Å². The first-order chi connectivity index (χ1) is 8.63. The first-order valence-electron chi connectivity index (χ1n) is 6.52. The van der Waals surface area contributed by atoms with E-state index in [0.717, 1.165) is 36.8 Å². The smallest absolute Gasteiger partial charge is 0.337 e. The van der Waals surface area contributed by atoms with Gasteiger partial charge in [-0.15, -0.1) is 0 Å². The van der Waals surface area contributed by atoms with E-state index in [9.17, 15) is 9.90 Å². The van der Waals surface area contributed by atoms with Crippen LogP contribution in [0.3, 0.4) is 0 Å². The van der Waals surface area contributed by atoms with Crippen LogP contribution in [-0.4, -0.2) is 23.8 Å². The summed E-state index contributed by atoms with van der Waals surface area (Å²) in [5.74, 6) is 0.234. The average molecular weight is 246 g/mol. The molecule has 2 aliphatic carbocycles. The number of hydrogen-bond acceptors (Lipinski definition) is 3. The lowest BCUT2D eigenvalue weighted by molar-refractivity contribution is -0.141. The summed E-state index contributed by atoms with van der Waals surface area (Å²) in [7, 11) is 0. The van der Waals surface area contributed by atoms with E-state index in [0.29, 0.717) is 11.5 Å². The molecule has 2 saturated carbocycles. The maximum Gasteiger partial charge on any atom is 0.337 e. The fourth-order valence-electron chi connectivity index (χ4n) is 3.65. The Bertz CT molecular complexity index is 472. The van der Waals surface area contributed by atoms with Gasteiger partial charge in [0.25, 0.3) is 0 Å². The standard InChI is InChI=1S/C15H18O3/c1-8-3-6-11-12(7-16)15(17)18-14(11)13-9(2)4-5-10(8)13/h10,13-14,16H,1-7H2. The van der Waals surface area contributed by atoms with Gasteiger partial charge >= 0.3 is 5.97 Å². The summed E-state index contributed by atoms with van der Waals surface area (Å²) in [6, 6.07) is 0. The largest absolute Gasteiger partial charge is 0.454 e. The second-order valence-electron chi connectivity index (χ2n) is 5.48. The third kappa shape index (κ3) is 1.50. The molecule has 3 rings (SSSR count). The van der Waals surface area contributed by atoms with Crippen molar-refractivity contribution in [2.75, 3.05) is 6.61 Å². The highest BCUT2D eigenvalue weighted by Gasteiger charge is 2.47. The van der Waals surface area contributed by atoms with Gasteiger partial charge in [0.1, 0.15) is 6.10 Å². The van der Waals surface area contributed by atoms with E-state index in [-0.39, 0.29) is 24.6 Å². The topological polar surface area (TPSA) is 46.5 Å². The summed E-state index contributed by atoms with van der Waals surface area (Å²) in [6.07, 6.45) is 3.53. The zero-order valence-corrected chi connectivity index (χ0v) is 10.4. The van der Waals surface area contributed by atoms with Gasteiger partial charge < -0.3 is 9.84 Å². The quantitative estimate of drug-likeness (QED) is 0.569. The molecule has 3 nitrogen and oxygen atoms in total. The minimum absolute atomic E-state index is 0.183. The Morgan fingerprint density at radius 1 is 1.22 bits per heavy atom. The highest BCUT2D eigenvalue weighted by atomic mass is 16.5. The number of fused-ring (bicyclic) bond motifs is 3. The number of esters is 1. The Morgan fingerprint density at radius 2 is 2.00 bits per heavy atom. The number of allylic oxidation sites excluding steroid dienone is 1. The minimum atomic E-state index is -0.344. The first-order valence-corrected chi connectivity index (χ1v) is 6.52. The van der Waals surface area contributed by atoms with Crippen LogP contribution in [0.25, 0.3) is 0 Å². The molecule has 3 aliphatic rings. The van der Waals surface area contributed by atoms with Crippen molar-refractivity contribution in [2.24, 2.45) is 11.8 Å². The van der Waals surface area contributed by atoms with Crippen molar-refractivity contribution >= 4 is 5.97 Å². The molecule has 0 spiro atoms. The molecular weight excluding hydrogens is 228 g/mol. The number of ether oxygens (including phenoxy) is 1. The summed E-state index contributed by atoms with van der Waals surface area (Å²) in [5, 5.41) is 9.34. The van der Waals surface area contributed by atoms with E-state index >= 15 is 0 Å². The SMILES string of the molecule is C=C1CCC2=C(CO)C(=O)OC2C2C(=C)CCC12. The van der Waals surface area contributed by atoms with Gasteiger partial charge in [-0.05, 0) is 37.2 Å². The molecule has 1 heterocycles. The summed E-state index contributed by atoms with van der Waals surface area (Å²) in [4.78, 5) is 11.8. The van der Waals surface area contributed by atoms with Crippen LogP contribution in [0, 0.1) is 11.8 Å². The van der Waals surface area contributed by atoms with Crippen molar-refractivity contribution in [1.29, 1.82) is 0 Å². The van der Waals surface area contributed by atoms with Gasteiger partial charge in [-0.3, -0.25) is 0 Å². The molecule has 0 amide bonds. The van der Waals surface area contributed by atoms with Gasteiger partial charge in [-0.25, -0.2) is 4.79 Å². The molecule has 0 aromatic carbocycles. The van der Waals surface area contributed by atoms with Crippen molar-refractivity contribution in [2.45, 2.75) is 31.8 Å². The minimum Gasteiger partial charge on any atom is -0.454 e. The fraction of sp³-hybridized carbons (Fsp3) is 0.533. The third-order valence-electron chi connectivity index (χ3n) is 4.62. The Morgan fingerprint density at radius 3 is 2.72 bits per heavy atom. The van der Waals surface area contributed by atoms with Gasteiger partial charge in [-0.2, -0.15) is 0 Å². The van der Waals surface area contributed by atoms with Crippen molar-refractivity contribution in [3.8, 4) is 0 Å². The van der Waals surface area contributed by atoms with Crippen molar-refractivity contribution < 1.29 is 14.6 Å². The van der Waals surface area contributed by atoms with Gasteiger partial charge in [0.05, 0.1) is 12.2 Å². The number of aliphatic hydroxyl groups is 1. The molecule has 0 radical (unpaired) electrons. The molecule has 3 heteroatoms. The molecule has 3 atom stereocenters. The van der Waals surface area contributed by atoms with Crippen LogP contribution in [0.15, 0.2) is 35.5 Å². The Kier molecular flexibility index (Phi) is 2.67. The third-order valence-corrected chi connectivity index (χ3v) is 4.62. The van der Waals surface area contributed by atoms with Gasteiger partial charge in [0.15, 0.2) is 0 Å². The summed E-state index contributed by atoms with van der Waals surface area (Å²) < 4.78 is 5.51. The number of hydrogen-bond donors (Lipinski definition) is 1. The van der Waals surface area contributed by atoms with E-state index < -0.39 is 0 Å². The van der Waals surface area contributed by atoms with E-state index in [1.54, 1.807) is 0 Å². The second kappa shape index (κ2) is 4.09. The van der Waals surface area contributed by atoms with Crippen LogP contribution in [-0.2, 0) is 9.53 Å². The number of carbonyl (C=O) groups excluding carboxylic acids is 1. The molecular formula is C15H18O3. The van der Waals surface area contributed by atoms with Crippen LogP contribution in [0.2, 0.25) is 0 Å². The highest BCUT2D eigenvalue weighted by Crippen LogP contribution is 2.50. The van der Waals surface area contributed by atoms with Gasteiger partial charge in [0, 0.05) is 5.92 Å². The summed E-state index contributed by atoms with van der Waals surface area (Å²) in [5.41, 5.74) is 3.86. The van der Waals surface area contributed by atoms with Crippen LogP contribution in [0.5, 0.6) is 0 Å². The average Bonchev–Trinajstić information content (AvgIpc) is 2.82. The van der Waals surface area contributed by atoms with E-state index in [4.69, 9.17) is 4.74 Å². The zero-order valence-electron chi connectivity index (χ0n) is 10.4. The lowest BCUT2D eigenvalue weighted by Crippen LogP contribution is -2.26. The monoisotopic (exact) mass is 246 g/mol. The second-order valence-corrected chi connectivity index (χ2v) is 5.48. The molecule has 96 valence electrons. The highest BCUT2D eigenvalue weighted by molar-refractivity contribution is 5.92. The number of aliphatic hydroxyl groups excluding tert-OH is 1. The number of carbonyl (C=O) groups is 1. The molecule has 3 unspecified atom stereocenters. The fourth-order valence-corrected chi connectivity index (χ4v) is 3.65. The van der Waals surface area contributed by atoms with E-state index in [1.165, 1.54) is 5.57 Å². The van der Waals surface area contributed by atoms with Gasteiger partial charge in [0.2, 0.25) is 0 Å². The molecule has 0 bridgehead atoms. The summed E-state index contributed by atoms with van der Waals surface area (Å²) in [6.45, 7) is 8.09. The maximum atomic E-state index is 11.8. The van der Waals surface area contributed by atoms with Crippen LogP contribution < -0.4 is 0 Å². The van der Waals surface area contributed by atoms with Crippen LogP contribution >= 0.6 is 0 Å². The molecule has 1 aliphatic heterocycles. The maximum absolute atomic E-state index is 11.8. The number of rotatable bonds is 1. The van der Waals surface area contributed by atoms with Crippen molar-refractivity contribution in [3.05, 3.63) is 35.5 Å². The Hall–Kier alpha value is -1.35. The molecule has 0 saturated heterocycles. The zero-order chi connectivity index (χ0) is 12.9. The van der Waals surface area contributed by atoms with Crippen LogP contribution in [0.4, 0.5) is 0 Å². The van der Waals surface area contributed by atoms with E-state index in [1.807, 2.05) is 0 Å². The lowest BCUT2D eigenvalue weighted by atomic mass is 9.84. The van der Waals surface area contributed by atoms with Gasteiger partial charge in [-0.1, -0.05) is 24.3 Å². The van der Waals surface area contributed by atoms with Crippen molar-refractivity contribution in [1.82, 2.24) is 0 Å². The normalized spacial score (nSPS) is 35.4. The molecule has 1 N–H and O–H groups in total. The van der Waals surface area contributed by atoms with E-state index in [2.05, 4.69) is 13.2 Å². The Labute approximate surface area is 107 Å². The first kappa shape index (κ1) is 11.7.